The van der Waals surface area contributed by atoms with Gasteiger partial charge in [0.05, 0.1) is 0 Å². The standard InChI is InChI=1S/C17H30N2/c1-5-6-7-12-17(3,14-18)19(4)13-16-10-8-15(2)9-11-16/h8-11H,5-7,12-14,18H2,1-4H3. The monoisotopic (exact) mass is 262 g/mol. The van der Waals surface area contributed by atoms with Crippen molar-refractivity contribution >= 4 is 0 Å². The molecule has 0 aromatic heterocycles. The molecule has 2 N–H and O–H groups in total. The number of aryl methyl sites for hydroxylation is 1. The van der Waals surface area contributed by atoms with Crippen molar-refractivity contribution in [3.8, 4) is 0 Å². The molecule has 0 aliphatic carbocycles. The van der Waals surface area contributed by atoms with Gasteiger partial charge >= 0.3 is 0 Å². The Balaban J connectivity index is 2.61. The van der Waals surface area contributed by atoms with Crippen LogP contribution in [-0.2, 0) is 6.54 Å². The maximum atomic E-state index is 6.03. The summed E-state index contributed by atoms with van der Waals surface area (Å²) < 4.78 is 0. The van der Waals surface area contributed by atoms with Crippen LogP contribution in [0.1, 0.15) is 50.7 Å². The topological polar surface area (TPSA) is 29.3 Å². The van der Waals surface area contributed by atoms with Gasteiger partial charge in [0.25, 0.3) is 0 Å². The highest BCUT2D eigenvalue weighted by Crippen LogP contribution is 2.22. The molecule has 1 aromatic rings. The summed E-state index contributed by atoms with van der Waals surface area (Å²) in [5.74, 6) is 0. The van der Waals surface area contributed by atoms with Crippen molar-refractivity contribution in [1.82, 2.24) is 4.90 Å². The normalized spacial score (nSPS) is 14.6. The minimum absolute atomic E-state index is 0.111. The van der Waals surface area contributed by atoms with Crippen LogP contribution in [0, 0.1) is 6.92 Å². The zero-order chi connectivity index (χ0) is 14.3. The van der Waals surface area contributed by atoms with Crippen LogP contribution < -0.4 is 5.73 Å². The van der Waals surface area contributed by atoms with Crippen LogP contribution in [0.15, 0.2) is 24.3 Å². The summed E-state index contributed by atoms with van der Waals surface area (Å²) in [6, 6.07) is 8.80. The van der Waals surface area contributed by atoms with Gasteiger partial charge in [-0.15, -0.1) is 0 Å². The van der Waals surface area contributed by atoms with Crippen molar-refractivity contribution in [1.29, 1.82) is 0 Å². The predicted molar refractivity (Wildman–Crippen MR) is 84.2 cm³/mol. The lowest BCUT2D eigenvalue weighted by Crippen LogP contribution is -2.49. The quantitative estimate of drug-likeness (QED) is 0.723. The summed E-state index contributed by atoms with van der Waals surface area (Å²) in [5.41, 5.74) is 8.82. The molecule has 108 valence electrons. The number of unbranched alkanes of at least 4 members (excludes halogenated alkanes) is 2. The Morgan fingerprint density at radius 1 is 1.16 bits per heavy atom. The van der Waals surface area contributed by atoms with Crippen LogP contribution in [0.5, 0.6) is 0 Å². The number of nitrogens with two attached hydrogens (primary N) is 1. The Bertz CT molecular complexity index is 358. The molecule has 1 rings (SSSR count). The second kappa shape index (κ2) is 7.66. The molecule has 0 amide bonds. The van der Waals surface area contributed by atoms with Gasteiger partial charge < -0.3 is 5.73 Å². The second-order valence-corrected chi connectivity index (χ2v) is 6.00. The van der Waals surface area contributed by atoms with E-state index in [0.29, 0.717) is 0 Å². The maximum Gasteiger partial charge on any atom is 0.0304 e. The molecule has 0 fully saturated rings. The second-order valence-electron chi connectivity index (χ2n) is 6.00. The molecule has 1 unspecified atom stereocenters. The van der Waals surface area contributed by atoms with E-state index in [-0.39, 0.29) is 5.54 Å². The number of benzene rings is 1. The highest BCUT2D eigenvalue weighted by molar-refractivity contribution is 5.21. The van der Waals surface area contributed by atoms with Gasteiger partial charge in [0.1, 0.15) is 0 Å². The van der Waals surface area contributed by atoms with Crippen molar-refractivity contribution < 1.29 is 0 Å². The van der Waals surface area contributed by atoms with Crippen LogP contribution in [0.2, 0.25) is 0 Å². The fourth-order valence-electron chi connectivity index (χ4n) is 2.36. The molecule has 2 nitrogen and oxygen atoms in total. The Labute approximate surface area is 119 Å². The van der Waals surface area contributed by atoms with E-state index in [1.807, 2.05) is 0 Å². The molecule has 0 saturated carbocycles. The van der Waals surface area contributed by atoms with Crippen molar-refractivity contribution in [3.05, 3.63) is 35.4 Å². The molecule has 19 heavy (non-hydrogen) atoms. The summed E-state index contributed by atoms with van der Waals surface area (Å²) in [5, 5.41) is 0. The number of hydrogen-bond acceptors (Lipinski definition) is 2. The van der Waals surface area contributed by atoms with Crippen LogP contribution in [0.25, 0.3) is 0 Å². The molecule has 2 heteroatoms. The third-order valence-electron chi connectivity index (χ3n) is 4.22. The van der Waals surface area contributed by atoms with Gasteiger partial charge in [-0.05, 0) is 32.9 Å². The van der Waals surface area contributed by atoms with Crippen molar-refractivity contribution in [2.45, 2.75) is 58.5 Å². The Morgan fingerprint density at radius 3 is 2.32 bits per heavy atom. The molecule has 0 bridgehead atoms. The molecular weight excluding hydrogens is 232 g/mol. The van der Waals surface area contributed by atoms with Gasteiger partial charge in [0.15, 0.2) is 0 Å². The average molecular weight is 262 g/mol. The molecule has 0 aliphatic heterocycles. The van der Waals surface area contributed by atoms with Crippen LogP contribution in [-0.4, -0.2) is 24.0 Å². The van der Waals surface area contributed by atoms with Crippen LogP contribution in [0.3, 0.4) is 0 Å². The van der Waals surface area contributed by atoms with E-state index in [4.69, 9.17) is 5.73 Å². The Morgan fingerprint density at radius 2 is 1.79 bits per heavy atom. The van der Waals surface area contributed by atoms with Gasteiger partial charge in [-0.1, -0.05) is 56.0 Å². The van der Waals surface area contributed by atoms with E-state index in [9.17, 15) is 0 Å². The van der Waals surface area contributed by atoms with E-state index in [2.05, 4.69) is 57.0 Å². The molecular formula is C17H30N2. The van der Waals surface area contributed by atoms with Gasteiger partial charge in [-0.3, -0.25) is 4.90 Å². The first kappa shape index (κ1) is 16.2. The SMILES string of the molecule is CCCCCC(C)(CN)N(C)Cc1ccc(C)cc1. The first-order chi connectivity index (χ1) is 9.01. The Hall–Kier alpha value is -0.860. The summed E-state index contributed by atoms with van der Waals surface area (Å²) in [6.07, 6.45) is 5.01. The lowest BCUT2D eigenvalue weighted by molar-refractivity contribution is 0.123. The maximum absolute atomic E-state index is 6.03. The number of likely N-dealkylation sites (N-methyl/N-ethyl adjacent to an activating group) is 1. The average Bonchev–Trinajstić information content (AvgIpc) is 2.41. The molecule has 0 aliphatic rings. The smallest absolute Gasteiger partial charge is 0.0304 e. The zero-order valence-electron chi connectivity index (χ0n) is 13.1. The van der Waals surface area contributed by atoms with Gasteiger partial charge in [-0.25, -0.2) is 0 Å². The molecule has 0 saturated heterocycles. The van der Waals surface area contributed by atoms with Crippen molar-refractivity contribution in [2.75, 3.05) is 13.6 Å². The third-order valence-corrected chi connectivity index (χ3v) is 4.22. The lowest BCUT2D eigenvalue weighted by atomic mass is 9.92. The predicted octanol–water partition coefficient (Wildman–Crippen LogP) is 3.72. The fourth-order valence-corrected chi connectivity index (χ4v) is 2.36. The highest BCUT2D eigenvalue weighted by Gasteiger charge is 2.26. The highest BCUT2D eigenvalue weighted by atomic mass is 15.2. The van der Waals surface area contributed by atoms with E-state index in [1.54, 1.807) is 0 Å². The van der Waals surface area contributed by atoms with Gasteiger partial charge in [0.2, 0.25) is 0 Å². The summed E-state index contributed by atoms with van der Waals surface area (Å²) in [4.78, 5) is 2.41. The van der Waals surface area contributed by atoms with Crippen LogP contribution >= 0.6 is 0 Å². The number of nitrogens with zero attached hydrogens (tertiary/aromatic N) is 1. The fraction of sp³-hybridized carbons (Fsp3) is 0.647. The minimum Gasteiger partial charge on any atom is -0.329 e. The van der Waals surface area contributed by atoms with Gasteiger partial charge in [0, 0.05) is 18.6 Å². The van der Waals surface area contributed by atoms with Crippen molar-refractivity contribution in [2.24, 2.45) is 5.73 Å². The molecule has 1 aromatic carbocycles. The molecule has 0 spiro atoms. The summed E-state index contributed by atoms with van der Waals surface area (Å²) in [6.45, 7) is 8.36. The number of rotatable bonds is 8. The minimum atomic E-state index is 0.111. The number of hydrogen-bond donors (Lipinski definition) is 1. The lowest BCUT2D eigenvalue weighted by Gasteiger charge is -2.38. The third kappa shape index (κ3) is 4.96. The summed E-state index contributed by atoms with van der Waals surface area (Å²) >= 11 is 0. The molecule has 0 radical (unpaired) electrons. The first-order valence-corrected chi connectivity index (χ1v) is 7.48. The molecule has 0 heterocycles. The Kier molecular flexibility index (Phi) is 6.53. The van der Waals surface area contributed by atoms with E-state index in [1.165, 1.54) is 36.8 Å². The van der Waals surface area contributed by atoms with E-state index >= 15 is 0 Å². The van der Waals surface area contributed by atoms with E-state index in [0.717, 1.165) is 13.1 Å². The van der Waals surface area contributed by atoms with Crippen LogP contribution in [0.4, 0.5) is 0 Å². The molecule has 1 atom stereocenters. The first-order valence-electron chi connectivity index (χ1n) is 7.48. The van der Waals surface area contributed by atoms with E-state index < -0.39 is 0 Å². The summed E-state index contributed by atoms with van der Waals surface area (Å²) in [7, 11) is 2.19. The zero-order valence-corrected chi connectivity index (χ0v) is 13.1. The van der Waals surface area contributed by atoms with Crippen molar-refractivity contribution in [3.63, 3.8) is 0 Å². The largest absolute Gasteiger partial charge is 0.329 e. The van der Waals surface area contributed by atoms with Gasteiger partial charge in [-0.2, -0.15) is 0 Å².